The van der Waals surface area contributed by atoms with Crippen LogP contribution in [0.4, 0.5) is 0 Å². The first kappa shape index (κ1) is 10.4. The number of allylic oxidation sites excluding steroid dienone is 1. The van der Waals surface area contributed by atoms with E-state index in [9.17, 15) is 4.21 Å². The first-order chi connectivity index (χ1) is 5.20. The van der Waals surface area contributed by atoms with E-state index < -0.39 is 11.1 Å². The maximum Gasteiger partial charge on any atom is 0.190 e. The molecule has 0 aliphatic rings. The summed E-state index contributed by atoms with van der Waals surface area (Å²) in [5.41, 5.74) is 2.67. The van der Waals surface area contributed by atoms with E-state index in [-0.39, 0.29) is 6.10 Å². The van der Waals surface area contributed by atoms with Gasteiger partial charge in [0, 0.05) is 0 Å². The Morgan fingerprint density at radius 2 is 2.36 bits per heavy atom. The van der Waals surface area contributed by atoms with Crippen molar-refractivity contribution in [2.45, 2.75) is 20.0 Å². The fourth-order valence-corrected chi connectivity index (χ4v) is 1.02. The second-order valence-electron chi connectivity index (χ2n) is 1.87. The van der Waals surface area contributed by atoms with Gasteiger partial charge in [0.05, 0.1) is 11.5 Å². The van der Waals surface area contributed by atoms with Crippen molar-refractivity contribution in [3.8, 4) is 0 Å². The Morgan fingerprint density at radius 1 is 1.73 bits per heavy atom. The van der Waals surface area contributed by atoms with E-state index in [1.807, 2.05) is 0 Å². The van der Waals surface area contributed by atoms with E-state index in [2.05, 4.69) is 12.3 Å². The standard InChI is InChI=1S/C8H12O2S/c1-4-6-7-11(9)10-8(3)5-2/h4-5,7-8H,2H2,1,3H3. The minimum atomic E-state index is -1.39. The fraction of sp³-hybridized carbons (Fsp3) is 0.375. The van der Waals surface area contributed by atoms with Gasteiger partial charge in [0.25, 0.3) is 0 Å². The molecular formula is C8H12O2S. The zero-order valence-corrected chi connectivity index (χ0v) is 7.56. The summed E-state index contributed by atoms with van der Waals surface area (Å²) in [6.45, 7) is 7.06. The van der Waals surface area contributed by atoms with Crippen LogP contribution >= 0.6 is 0 Å². The predicted molar refractivity (Wildman–Crippen MR) is 47.2 cm³/mol. The zero-order valence-electron chi connectivity index (χ0n) is 6.74. The SMILES string of the molecule is C=CC(C)OS(=O)C=C=CC. The van der Waals surface area contributed by atoms with Crippen molar-refractivity contribution in [2.24, 2.45) is 0 Å². The molecule has 0 aliphatic carbocycles. The Bertz CT molecular complexity index is 202. The van der Waals surface area contributed by atoms with Gasteiger partial charge in [-0.3, -0.25) is 4.18 Å². The summed E-state index contributed by atoms with van der Waals surface area (Å²) in [7, 11) is 0. The van der Waals surface area contributed by atoms with Crippen LogP contribution in [-0.4, -0.2) is 10.3 Å². The van der Waals surface area contributed by atoms with Crippen LogP contribution in [0, 0.1) is 0 Å². The van der Waals surface area contributed by atoms with E-state index in [1.165, 1.54) is 5.41 Å². The molecule has 0 fully saturated rings. The Balaban J connectivity index is 3.88. The Kier molecular flexibility index (Phi) is 5.75. The van der Waals surface area contributed by atoms with Crippen molar-refractivity contribution >= 4 is 11.1 Å². The minimum absolute atomic E-state index is 0.189. The molecule has 0 rings (SSSR count). The van der Waals surface area contributed by atoms with Gasteiger partial charge in [0.2, 0.25) is 0 Å². The lowest BCUT2D eigenvalue weighted by Gasteiger charge is -2.01. The molecule has 0 radical (unpaired) electrons. The quantitative estimate of drug-likeness (QED) is 0.478. The smallest absolute Gasteiger partial charge is 0.190 e. The molecule has 0 amide bonds. The van der Waals surface area contributed by atoms with Crippen molar-refractivity contribution in [3.05, 3.63) is 29.9 Å². The van der Waals surface area contributed by atoms with Crippen LogP contribution < -0.4 is 0 Å². The highest BCUT2D eigenvalue weighted by Gasteiger charge is 1.98. The molecule has 62 valence electrons. The topological polar surface area (TPSA) is 26.3 Å². The second kappa shape index (κ2) is 6.10. The molecule has 0 bridgehead atoms. The van der Waals surface area contributed by atoms with Crippen molar-refractivity contribution in [1.29, 1.82) is 0 Å². The molecule has 11 heavy (non-hydrogen) atoms. The van der Waals surface area contributed by atoms with Crippen LogP contribution in [0.2, 0.25) is 0 Å². The summed E-state index contributed by atoms with van der Waals surface area (Å²) in [6.07, 6.45) is 3.06. The van der Waals surface area contributed by atoms with Gasteiger partial charge in [-0.2, -0.15) is 0 Å². The maximum absolute atomic E-state index is 10.9. The van der Waals surface area contributed by atoms with Crippen LogP contribution in [0.25, 0.3) is 0 Å². The van der Waals surface area contributed by atoms with Crippen molar-refractivity contribution in [1.82, 2.24) is 0 Å². The van der Waals surface area contributed by atoms with Crippen LogP contribution in [-0.2, 0) is 15.3 Å². The van der Waals surface area contributed by atoms with Crippen molar-refractivity contribution in [2.75, 3.05) is 0 Å². The second-order valence-corrected chi connectivity index (χ2v) is 2.82. The average molecular weight is 172 g/mol. The largest absolute Gasteiger partial charge is 0.279 e. The van der Waals surface area contributed by atoms with Crippen molar-refractivity contribution < 1.29 is 8.39 Å². The molecule has 2 unspecified atom stereocenters. The van der Waals surface area contributed by atoms with Crippen LogP contribution in [0.3, 0.4) is 0 Å². The van der Waals surface area contributed by atoms with E-state index in [4.69, 9.17) is 4.18 Å². The highest BCUT2D eigenvalue weighted by atomic mass is 32.2. The highest BCUT2D eigenvalue weighted by molar-refractivity contribution is 7.83. The Morgan fingerprint density at radius 3 is 2.82 bits per heavy atom. The molecule has 0 spiro atoms. The minimum Gasteiger partial charge on any atom is -0.279 e. The van der Waals surface area contributed by atoms with Crippen LogP contribution in [0.15, 0.2) is 29.9 Å². The summed E-state index contributed by atoms with van der Waals surface area (Å²) in [5, 5.41) is 1.36. The molecule has 3 heteroatoms. The summed E-state index contributed by atoms with van der Waals surface area (Å²) >= 11 is -1.39. The van der Waals surface area contributed by atoms with Crippen LogP contribution in [0.5, 0.6) is 0 Å². The molecule has 0 saturated carbocycles. The third-order valence-corrected chi connectivity index (χ3v) is 1.73. The highest BCUT2D eigenvalue weighted by Crippen LogP contribution is 1.96. The van der Waals surface area contributed by atoms with Gasteiger partial charge in [0.1, 0.15) is 0 Å². The first-order valence-corrected chi connectivity index (χ1v) is 4.42. The van der Waals surface area contributed by atoms with E-state index in [0.29, 0.717) is 0 Å². The summed E-state index contributed by atoms with van der Waals surface area (Å²) in [4.78, 5) is 0. The third kappa shape index (κ3) is 5.80. The maximum atomic E-state index is 10.9. The van der Waals surface area contributed by atoms with E-state index >= 15 is 0 Å². The summed E-state index contributed by atoms with van der Waals surface area (Å²) in [6, 6.07) is 0. The van der Waals surface area contributed by atoms with Gasteiger partial charge in [-0.1, -0.05) is 6.08 Å². The molecule has 0 aromatic heterocycles. The molecular weight excluding hydrogens is 160 g/mol. The molecule has 2 atom stereocenters. The molecule has 0 aliphatic heterocycles. The van der Waals surface area contributed by atoms with Gasteiger partial charge in [0.15, 0.2) is 11.1 Å². The Labute approximate surface area is 69.9 Å². The lowest BCUT2D eigenvalue weighted by molar-refractivity contribution is 0.303. The fourth-order valence-electron chi connectivity index (χ4n) is 0.340. The van der Waals surface area contributed by atoms with Gasteiger partial charge >= 0.3 is 0 Å². The number of hydrogen-bond acceptors (Lipinski definition) is 2. The molecule has 0 N–H and O–H groups in total. The molecule has 2 nitrogen and oxygen atoms in total. The average Bonchev–Trinajstić information content (AvgIpc) is 2.00. The van der Waals surface area contributed by atoms with E-state index in [1.54, 1.807) is 26.0 Å². The normalized spacial score (nSPS) is 14.4. The van der Waals surface area contributed by atoms with Gasteiger partial charge in [-0.25, -0.2) is 4.21 Å². The molecule has 0 heterocycles. The molecule has 0 saturated heterocycles. The zero-order chi connectivity index (χ0) is 8.69. The molecule has 0 aromatic rings. The van der Waals surface area contributed by atoms with Crippen molar-refractivity contribution in [3.63, 3.8) is 0 Å². The predicted octanol–water partition coefficient (Wildman–Crippen LogP) is 1.93. The lowest BCUT2D eigenvalue weighted by Crippen LogP contribution is -2.04. The summed E-state index contributed by atoms with van der Waals surface area (Å²) < 4.78 is 15.8. The van der Waals surface area contributed by atoms with Gasteiger partial charge in [-0.05, 0) is 19.9 Å². The molecule has 0 aromatic carbocycles. The van der Waals surface area contributed by atoms with Crippen LogP contribution in [0.1, 0.15) is 13.8 Å². The first-order valence-electron chi connectivity index (χ1n) is 3.28. The monoisotopic (exact) mass is 172 g/mol. The van der Waals surface area contributed by atoms with Gasteiger partial charge < -0.3 is 0 Å². The third-order valence-electron chi connectivity index (χ3n) is 0.909. The number of hydrogen-bond donors (Lipinski definition) is 0. The van der Waals surface area contributed by atoms with Gasteiger partial charge in [-0.15, -0.1) is 12.3 Å². The van der Waals surface area contributed by atoms with E-state index in [0.717, 1.165) is 0 Å². The lowest BCUT2D eigenvalue weighted by atomic mass is 10.4. The summed E-state index contributed by atoms with van der Waals surface area (Å²) in [5.74, 6) is 0. The number of rotatable bonds is 4. The Hall–Kier alpha value is -0.630.